The fraction of sp³-hybridized carbons (Fsp3) is 0.636. The maximum Gasteiger partial charge on any atom is 0.273 e. The average Bonchev–Trinajstić information content (AvgIpc) is 2.83. The predicted octanol–water partition coefficient (Wildman–Crippen LogP) is 0.434. The Morgan fingerprint density at radius 1 is 1.42 bits per heavy atom. The molecule has 2 N–H and O–H groups in total. The van der Waals surface area contributed by atoms with Crippen LogP contribution < -0.4 is 10.0 Å². The van der Waals surface area contributed by atoms with E-state index in [2.05, 4.69) is 10.0 Å². The molecule has 1 rings (SSSR count). The van der Waals surface area contributed by atoms with Gasteiger partial charge < -0.3 is 9.73 Å². The van der Waals surface area contributed by atoms with Gasteiger partial charge in [-0.15, -0.1) is 0 Å². The van der Waals surface area contributed by atoms with Crippen molar-refractivity contribution in [2.75, 3.05) is 19.1 Å². The second-order valence-electron chi connectivity index (χ2n) is 4.28. The maximum absolute atomic E-state index is 11.5. The van der Waals surface area contributed by atoms with Crippen molar-refractivity contribution in [3.8, 4) is 0 Å². The topological polar surface area (TPSA) is 88.4 Å². The summed E-state index contributed by atoms with van der Waals surface area (Å²) in [5, 5.41) is 3.10. The highest BCUT2D eigenvalue weighted by Gasteiger charge is 2.16. The van der Waals surface area contributed by atoms with E-state index in [1.54, 1.807) is 12.3 Å². The van der Waals surface area contributed by atoms with Gasteiger partial charge in [0.05, 0.1) is 6.54 Å². The van der Waals surface area contributed by atoms with Gasteiger partial charge in [0.15, 0.2) is 0 Å². The third-order valence-corrected chi connectivity index (χ3v) is 4.73. The van der Waals surface area contributed by atoms with Crippen molar-refractivity contribution in [1.82, 2.24) is 10.0 Å². The van der Waals surface area contributed by atoms with Gasteiger partial charge in [-0.05, 0) is 32.5 Å². The Hall–Kier alpha value is -0.700. The van der Waals surface area contributed by atoms with Gasteiger partial charge in [0.1, 0.15) is 5.76 Å². The highest BCUT2D eigenvalue weighted by atomic mass is 32.2. The van der Waals surface area contributed by atoms with Gasteiger partial charge in [0.2, 0.25) is 5.09 Å². The Morgan fingerprint density at radius 3 is 2.68 bits per heavy atom. The van der Waals surface area contributed by atoms with Gasteiger partial charge in [0.25, 0.3) is 10.0 Å². The molecule has 0 fully saturated rings. The summed E-state index contributed by atoms with van der Waals surface area (Å²) in [7, 11) is -2.98. The van der Waals surface area contributed by atoms with Gasteiger partial charge in [0, 0.05) is 28.9 Å². The smallest absolute Gasteiger partial charge is 0.273 e. The normalized spacial score (nSPS) is 15.3. The van der Waals surface area contributed by atoms with E-state index in [1.807, 2.05) is 6.92 Å². The monoisotopic (exact) mass is 308 g/mol. The summed E-state index contributed by atoms with van der Waals surface area (Å²) in [5.74, 6) is 1.20. The number of rotatable bonds is 8. The lowest BCUT2D eigenvalue weighted by atomic mass is 10.2. The van der Waals surface area contributed by atoms with Crippen LogP contribution in [0.3, 0.4) is 0 Å². The molecular formula is C11H20N2O4S2. The van der Waals surface area contributed by atoms with Crippen molar-refractivity contribution in [3.05, 3.63) is 17.9 Å². The van der Waals surface area contributed by atoms with E-state index in [1.165, 1.54) is 13.1 Å². The van der Waals surface area contributed by atoms with E-state index in [4.69, 9.17) is 4.42 Å². The van der Waals surface area contributed by atoms with E-state index in [0.717, 1.165) is 6.42 Å². The minimum Gasteiger partial charge on any atom is -0.447 e. The molecule has 0 saturated carbocycles. The molecule has 0 aliphatic rings. The molecule has 1 heterocycles. The van der Waals surface area contributed by atoms with Crippen LogP contribution in [-0.2, 0) is 27.4 Å². The Kier molecular flexibility index (Phi) is 6.18. The molecule has 1 aromatic rings. The summed E-state index contributed by atoms with van der Waals surface area (Å²) in [6, 6.07) is 3.25. The number of hydrogen-bond donors (Lipinski definition) is 2. The molecule has 6 nitrogen and oxygen atoms in total. The zero-order valence-electron chi connectivity index (χ0n) is 11.3. The molecule has 1 aromatic heterocycles. The van der Waals surface area contributed by atoms with Gasteiger partial charge >= 0.3 is 0 Å². The lowest BCUT2D eigenvalue weighted by Crippen LogP contribution is -2.26. The molecule has 2 atom stereocenters. The van der Waals surface area contributed by atoms with Crippen LogP contribution in [-0.4, -0.2) is 37.7 Å². The minimum absolute atomic E-state index is 0.0888. The zero-order chi connectivity index (χ0) is 14.5. The third kappa shape index (κ3) is 5.43. The van der Waals surface area contributed by atoms with Crippen LogP contribution in [0.25, 0.3) is 0 Å². The van der Waals surface area contributed by atoms with Crippen LogP contribution in [0, 0.1) is 0 Å². The quantitative estimate of drug-likeness (QED) is 0.727. The summed E-state index contributed by atoms with van der Waals surface area (Å²) in [6.45, 7) is 2.43. The third-order valence-electron chi connectivity index (χ3n) is 2.63. The molecule has 0 saturated heterocycles. The predicted molar refractivity (Wildman–Crippen MR) is 74.8 cm³/mol. The van der Waals surface area contributed by atoms with Gasteiger partial charge in [-0.2, -0.15) is 0 Å². The lowest BCUT2D eigenvalue weighted by molar-refractivity contribution is 0.389. The van der Waals surface area contributed by atoms with Gasteiger partial charge in [-0.3, -0.25) is 4.21 Å². The largest absolute Gasteiger partial charge is 0.447 e. The van der Waals surface area contributed by atoms with Crippen molar-refractivity contribution in [2.45, 2.75) is 31.0 Å². The molecule has 110 valence electrons. The molecule has 0 amide bonds. The number of nitrogens with one attached hydrogen (secondary N) is 2. The van der Waals surface area contributed by atoms with Crippen molar-refractivity contribution in [2.24, 2.45) is 0 Å². The lowest BCUT2D eigenvalue weighted by Gasteiger charge is -2.11. The SMILES string of the molecule is CNS(=O)(=O)c1ccc(CNC(C)CCS(C)=O)o1. The van der Waals surface area contributed by atoms with Crippen molar-refractivity contribution >= 4 is 20.8 Å². The molecular weight excluding hydrogens is 288 g/mol. The van der Waals surface area contributed by atoms with E-state index >= 15 is 0 Å². The van der Waals surface area contributed by atoms with Crippen LogP contribution in [0.15, 0.2) is 21.6 Å². The molecule has 19 heavy (non-hydrogen) atoms. The first-order valence-corrected chi connectivity index (χ1v) is 9.12. The highest BCUT2D eigenvalue weighted by Crippen LogP contribution is 2.13. The fourth-order valence-electron chi connectivity index (χ4n) is 1.42. The summed E-state index contributed by atoms with van der Waals surface area (Å²) in [5.41, 5.74) is 0. The van der Waals surface area contributed by atoms with E-state index in [9.17, 15) is 12.6 Å². The molecule has 0 aromatic carbocycles. The number of sulfonamides is 1. The van der Waals surface area contributed by atoms with Crippen LogP contribution >= 0.6 is 0 Å². The molecule has 0 spiro atoms. The van der Waals surface area contributed by atoms with Crippen LogP contribution in [0.5, 0.6) is 0 Å². The number of furan rings is 1. The Bertz CT molecular complexity index is 525. The first-order valence-electron chi connectivity index (χ1n) is 5.91. The summed E-state index contributed by atoms with van der Waals surface area (Å²) in [6.07, 6.45) is 2.47. The molecule has 0 aliphatic carbocycles. The number of hydrogen-bond acceptors (Lipinski definition) is 5. The molecule has 0 radical (unpaired) electrons. The second-order valence-corrected chi connectivity index (χ2v) is 7.65. The minimum atomic E-state index is -3.52. The standard InChI is InChI=1S/C11H20N2O4S2/c1-9(6-7-18(3)14)13-8-10-4-5-11(17-10)19(15,16)12-2/h4-5,9,12-13H,6-8H2,1-3H3. The highest BCUT2D eigenvalue weighted by molar-refractivity contribution is 7.89. The summed E-state index contributed by atoms with van der Waals surface area (Å²) >= 11 is 0. The first-order chi connectivity index (χ1) is 8.85. The Labute approximate surface area is 116 Å². The maximum atomic E-state index is 11.5. The van der Waals surface area contributed by atoms with Gasteiger partial charge in [-0.25, -0.2) is 13.1 Å². The van der Waals surface area contributed by atoms with Crippen LogP contribution in [0.1, 0.15) is 19.1 Å². The molecule has 0 aliphatic heterocycles. The Morgan fingerprint density at radius 2 is 2.11 bits per heavy atom. The molecule has 0 bridgehead atoms. The molecule has 2 unspecified atom stereocenters. The zero-order valence-corrected chi connectivity index (χ0v) is 12.9. The van der Waals surface area contributed by atoms with Crippen LogP contribution in [0.2, 0.25) is 0 Å². The van der Waals surface area contributed by atoms with Crippen molar-refractivity contribution < 1.29 is 17.0 Å². The first kappa shape index (κ1) is 16.4. The van der Waals surface area contributed by atoms with Crippen molar-refractivity contribution in [3.63, 3.8) is 0 Å². The van der Waals surface area contributed by atoms with Gasteiger partial charge in [-0.1, -0.05) is 0 Å². The van der Waals surface area contributed by atoms with E-state index < -0.39 is 20.8 Å². The summed E-state index contributed by atoms with van der Waals surface area (Å²) in [4.78, 5) is 0. The van der Waals surface area contributed by atoms with E-state index in [0.29, 0.717) is 18.1 Å². The fourth-order valence-corrected chi connectivity index (χ4v) is 2.77. The van der Waals surface area contributed by atoms with Crippen molar-refractivity contribution in [1.29, 1.82) is 0 Å². The van der Waals surface area contributed by atoms with E-state index in [-0.39, 0.29) is 11.1 Å². The summed E-state index contributed by atoms with van der Waals surface area (Å²) < 4.78 is 41.3. The second kappa shape index (κ2) is 7.18. The Balaban J connectivity index is 2.49. The van der Waals surface area contributed by atoms with Crippen LogP contribution in [0.4, 0.5) is 0 Å². The molecule has 8 heteroatoms. The average molecular weight is 308 g/mol.